The minimum atomic E-state index is 0.670. The van der Waals surface area contributed by atoms with Gasteiger partial charge < -0.3 is 0 Å². The van der Waals surface area contributed by atoms with Crippen LogP contribution >= 0.6 is 11.3 Å². The second-order valence-corrected chi connectivity index (χ2v) is 12.9. The van der Waals surface area contributed by atoms with Crippen molar-refractivity contribution >= 4 is 64.1 Å². The highest BCUT2D eigenvalue weighted by Gasteiger charge is 2.21. The molecule has 4 heteroatoms. The third kappa shape index (κ3) is 3.77. The largest absolute Gasteiger partial charge is 0.278 e. The lowest BCUT2D eigenvalue weighted by Crippen LogP contribution is -2.04. The Morgan fingerprint density at radius 3 is 1.91 bits per heavy atom. The molecule has 214 valence electrons. The maximum absolute atomic E-state index is 5.22. The first kappa shape index (κ1) is 25.5. The Hall–Kier alpha value is -5.84. The fourth-order valence-corrected chi connectivity index (χ4v) is 8.18. The molecule has 0 aliphatic rings. The lowest BCUT2D eigenvalue weighted by molar-refractivity contribution is 0.996. The Bertz CT molecular complexity index is 2680. The molecule has 7 aromatic carbocycles. The van der Waals surface area contributed by atoms with Crippen molar-refractivity contribution in [3.05, 3.63) is 152 Å². The van der Waals surface area contributed by atoms with Crippen LogP contribution < -0.4 is 0 Å². The average molecular weight is 604 g/mol. The molecule has 0 amide bonds. The molecule has 0 saturated carbocycles. The van der Waals surface area contributed by atoms with Crippen molar-refractivity contribution in [3.63, 3.8) is 0 Å². The van der Waals surface area contributed by atoms with E-state index in [4.69, 9.17) is 9.97 Å². The van der Waals surface area contributed by atoms with Gasteiger partial charge in [0.1, 0.15) is 0 Å². The topological polar surface area (TPSA) is 30.7 Å². The molecule has 0 bridgehead atoms. The van der Waals surface area contributed by atoms with Crippen LogP contribution in [0.15, 0.2) is 152 Å². The molecular weight excluding hydrogens is 579 g/mol. The van der Waals surface area contributed by atoms with Crippen LogP contribution in [-0.4, -0.2) is 14.5 Å². The molecule has 3 aromatic heterocycles. The summed E-state index contributed by atoms with van der Waals surface area (Å²) in [6.45, 7) is 0. The third-order valence-corrected chi connectivity index (χ3v) is 10.4. The summed E-state index contributed by atoms with van der Waals surface area (Å²) < 4.78 is 4.90. The Morgan fingerprint density at radius 2 is 1.13 bits per heavy atom. The van der Waals surface area contributed by atoms with E-state index in [-0.39, 0.29) is 0 Å². The summed E-state index contributed by atoms with van der Waals surface area (Å²) in [6.07, 6.45) is 0. The summed E-state index contributed by atoms with van der Waals surface area (Å²) in [7, 11) is 0. The quantitative estimate of drug-likeness (QED) is 0.187. The summed E-state index contributed by atoms with van der Waals surface area (Å²) >= 11 is 1.86. The maximum atomic E-state index is 5.22. The standard InChI is InChI=1S/C42H25N3S/c1-3-10-26(11-4-1)34-25-35(27-12-5-2-6-13-27)44-42(43-34)45-36-16-9-14-28-18-20-32-30(21-22-37(45)41(32)40(28)36)29-19-23-39-33(24-29)31-15-7-8-17-38(31)46-39/h1-25H. The molecule has 46 heavy (non-hydrogen) atoms. The van der Waals surface area contributed by atoms with E-state index in [1.807, 2.05) is 23.5 Å². The number of nitrogens with zero attached hydrogens (tertiary/aromatic N) is 3. The van der Waals surface area contributed by atoms with E-state index in [2.05, 4.69) is 144 Å². The van der Waals surface area contributed by atoms with E-state index in [0.717, 1.165) is 33.5 Å². The van der Waals surface area contributed by atoms with Gasteiger partial charge >= 0.3 is 0 Å². The van der Waals surface area contributed by atoms with Gasteiger partial charge in [-0.15, -0.1) is 11.3 Å². The minimum Gasteiger partial charge on any atom is -0.278 e. The van der Waals surface area contributed by atoms with E-state index in [1.165, 1.54) is 52.8 Å². The zero-order valence-corrected chi connectivity index (χ0v) is 25.5. The van der Waals surface area contributed by atoms with Gasteiger partial charge in [0.05, 0.1) is 22.4 Å². The first-order valence-electron chi connectivity index (χ1n) is 15.5. The summed E-state index contributed by atoms with van der Waals surface area (Å²) in [4.78, 5) is 10.4. The highest BCUT2D eigenvalue weighted by molar-refractivity contribution is 7.25. The molecule has 0 fully saturated rings. The van der Waals surface area contributed by atoms with Gasteiger partial charge in [-0.2, -0.15) is 0 Å². The van der Waals surface area contributed by atoms with Crippen LogP contribution in [-0.2, 0) is 0 Å². The van der Waals surface area contributed by atoms with Crippen molar-refractivity contribution in [1.29, 1.82) is 0 Å². The van der Waals surface area contributed by atoms with Gasteiger partial charge in [-0.05, 0) is 58.3 Å². The fraction of sp³-hybridized carbons (Fsp3) is 0. The number of rotatable bonds is 4. The highest BCUT2D eigenvalue weighted by Crippen LogP contribution is 2.44. The lowest BCUT2D eigenvalue weighted by atomic mass is 9.94. The smallest absolute Gasteiger partial charge is 0.235 e. The molecule has 3 heterocycles. The molecule has 10 aromatic rings. The average Bonchev–Trinajstić information content (AvgIpc) is 3.67. The van der Waals surface area contributed by atoms with Crippen molar-refractivity contribution in [2.24, 2.45) is 0 Å². The SMILES string of the molecule is c1ccc(-c2cc(-c3ccccc3)nc(-n3c4cccc5ccc6c(-c7ccc8sc9ccccc9c8c7)ccc3c6c54)n2)cc1. The van der Waals surface area contributed by atoms with Crippen LogP contribution in [0.2, 0.25) is 0 Å². The first-order valence-corrected chi connectivity index (χ1v) is 16.3. The number of hydrogen-bond donors (Lipinski definition) is 0. The van der Waals surface area contributed by atoms with Crippen molar-refractivity contribution in [2.45, 2.75) is 0 Å². The number of benzene rings is 7. The van der Waals surface area contributed by atoms with Crippen LogP contribution in [0.25, 0.3) is 92.3 Å². The van der Waals surface area contributed by atoms with Crippen LogP contribution in [0, 0.1) is 0 Å². The Morgan fingerprint density at radius 1 is 0.435 bits per heavy atom. The van der Waals surface area contributed by atoms with Gasteiger partial charge in [-0.1, -0.05) is 115 Å². The van der Waals surface area contributed by atoms with E-state index in [0.29, 0.717) is 5.95 Å². The van der Waals surface area contributed by atoms with Crippen LogP contribution in [0.5, 0.6) is 0 Å². The fourth-order valence-electron chi connectivity index (χ4n) is 7.10. The predicted octanol–water partition coefficient (Wildman–Crippen LogP) is 11.5. The Kier molecular flexibility index (Phi) is 5.45. The van der Waals surface area contributed by atoms with Crippen LogP contribution in [0.4, 0.5) is 0 Å². The van der Waals surface area contributed by atoms with Crippen molar-refractivity contribution in [1.82, 2.24) is 14.5 Å². The molecule has 0 unspecified atom stereocenters. The van der Waals surface area contributed by atoms with Crippen molar-refractivity contribution < 1.29 is 0 Å². The zero-order chi connectivity index (χ0) is 30.2. The van der Waals surface area contributed by atoms with Gasteiger partial charge in [0.2, 0.25) is 5.95 Å². The van der Waals surface area contributed by atoms with Gasteiger partial charge in [-0.3, -0.25) is 4.57 Å². The zero-order valence-electron chi connectivity index (χ0n) is 24.7. The second kappa shape index (κ2) is 9.83. The lowest BCUT2D eigenvalue weighted by Gasteiger charge is -2.12. The Balaban J connectivity index is 1.25. The van der Waals surface area contributed by atoms with E-state index in [1.54, 1.807) is 0 Å². The molecule has 0 N–H and O–H groups in total. The van der Waals surface area contributed by atoms with E-state index >= 15 is 0 Å². The number of thiophene rings is 1. The van der Waals surface area contributed by atoms with Crippen molar-refractivity contribution in [2.75, 3.05) is 0 Å². The molecule has 0 aliphatic heterocycles. The van der Waals surface area contributed by atoms with E-state index in [9.17, 15) is 0 Å². The predicted molar refractivity (Wildman–Crippen MR) is 194 cm³/mol. The molecule has 0 atom stereocenters. The maximum Gasteiger partial charge on any atom is 0.235 e. The molecule has 3 nitrogen and oxygen atoms in total. The Labute approximate surface area is 269 Å². The van der Waals surface area contributed by atoms with Crippen LogP contribution in [0.1, 0.15) is 0 Å². The molecular formula is C42H25N3S. The van der Waals surface area contributed by atoms with Gasteiger partial charge in [0.25, 0.3) is 0 Å². The summed E-state index contributed by atoms with van der Waals surface area (Å²) in [5.41, 5.74) is 8.61. The van der Waals surface area contributed by atoms with Crippen molar-refractivity contribution in [3.8, 4) is 39.6 Å². The third-order valence-electron chi connectivity index (χ3n) is 9.20. The van der Waals surface area contributed by atoms with Gasteiger partial charge in [-0.25, -0.2) is 9.97 Å². The minimum absolute atomic E-state index is 0.670. The summed E-state index contributed by atoms with van der Waals surface area (Å²) in [6, 6.07) is 54.1. The number of aromatic nitrogens is 3. The highest BCUT2D eigenvalue weighted by atomic mass is 32.1. The molecule has 0 aliphatic carbocycles. The molecule has 0 spiro atoms. The number of hydrogen-bond acceptors (Lipinski definition) is 3. The number of fused-ring (bicyclic) bond motifs is 3. The summed E-state index contributed by atoms with van der Waals surface area (Å²) in [5.74, 6) is 0.670. The monoisotopic (exact) mass is 603 g/mol. The van der Waals surface area contributed by atoms with Gasteiger partial charge in [0.15, 0.2) is 0 Å². The molecule has 0 radical (unpaired) electrons. The molecule has 10 rings (SSSR count). The van der Waals surface area contributed by atoms with E-state index < -0.39 is 0 Å². The van der Waals surface area contributed by atoms with Gasteiger partial charge in [0, 0.05) is 42.1 Å². The summed E-state index contributed by atoms with van der Waals surface area (Å²) in [5, 5.41) is 7.57. The second-order valence-electron chi connectivity index (χ2n) is 11.8. The first-order chi connectivity index (χ1) is 22.8. The van der Waals surface area contributed by atoms with Crippen LogP contribution in [0.3, 0.4) is 0 Å². The normalized spacial score (nSPS) is 11.9. The molecule has 0 saturated heterocycles.